The van der Waals surface area contributed by atoms with Gasteiger partial charge in [0.25, 0.3) is 0 Å². The van der Waals surface area contributed by atoms with Crippen LogP contribution in [0.15, 0.2) is 24.3 Å². The van der Waals surface area contributed by atoms with Crippen LogP contribution < -0.4 is 0 Å². The minimum atomic E-state index is -1.73. The lowest BCUT2D eigenvalue weighted by molar-refractivity contribution is -0.174. The smallest absolute Gasteiger partial charge is 0.337 e. The highest BCUT2D eigenvalue weighted by Crippen LogP contribution is 2.46. The van der Waals surface area contributed by atoms with Crippen molar-refractivity contribution in [3.63, 3.8) is 0 Å². The summed E-state index contributed by atoms with van der Waals surface area (Å²) in [5.41, 5.74) is -1.02. The molecule has 0 aliphatic heterocycles. The van der Waals surface area contributed by atoms with E-state index in [2.05, 4.69) is 0 Å². The quantitative estimate of drug-likeness (QED) is 0.356. The number of esters is 3. The average molecular weight is 463 g/mol. The second-order valence-corrected chi connectivity index (χ2v) is 9.64. The van der Waals surface area contributed by atoms with Crippen molar-refractivity contribution in [2.75, 3.05) is 20.3 Å². The molecule has 4 atom stereocenters. The molecule has 0 heterocycles. The summed E-state index contributed by atoms with van der Waals surface area (Å²) in [6.45, 7) is 9.16. The molecule has 1 aromatic rings. The van der Waals surface area contributed by atoms with Gasteiger partial charge in [0.1, 0.15) is 5.92 Å². The van der Waals surface area contributed by atoms with E-state index in [9.17, 15) is 24.3 Å². The fraction of sp³-hybridized carbons (Fsp3) is 0.600. The zero-order valence-electron chi connectivity index (χ0n) is 20.1. The van der Waals surface area contributed by atoms with Gasteiger partial charge in [0.15, 0.2) is 5.78 Å². The van der Waals surface area contributed by atoms with Crippen molar-refractivity contribution in [1.29, 1.82) is 0 Å². The Balaban J connectivity index is 2.55. The van der Waals surface area contributed by atoms with E-state index < -0.39 is 47.0 Å². The molecule has 0 radical (unpaired) electrons. The number of Topliss-reactive ketones (excluding diaryl/α,β-unsaturated/α-hetero) is 1. The molecular weight excluding hydrogens is 428 g/mol. The lowest BCUT2D eigenvalue weighted by Crippen LogP contribution is -2.55. The summed E-state index contributed by atoms with van der Waals surface area (Å²) < 4.78 is 15.5. The van der Waals surface area contributed by atoms with Gasteiger partial charge in [0.2, 0.25) is 0 Å². The minimum Gasteiger partial charge on any atom is -0.465 e. The number of methoxy groups -OCH3 is 1. The predicted molar refractivity (Wildman–Crippen MR) is 119 cm³/mol. The lowest BCUT2D eigenvalue weighted by Gasteiger charge is -2.43. The van der Waals surface area contributed by atoms with Crippen molar-refractivity contribution in [2.45, 2.75) is 52.6 Å². The highest BCUT2D eigenvalue weighted by atomic mass is 16.5. The van der Waals surface area contributed by atoms with Crippen LogP contribution in [0.5, 0.6) is 0 Å². The van der Waals surface area contributed by atoms with Crippen LogP contribution in [0.25, 0.3) is 0 Å². The van der Waals surface area contributed by atoms with Crippen molar-refractivity contribution in [1.82, 2.24) is 0 Å². The molecular formula is C25H34O8. The summed E-state index contributed by atoms with van der Waals surface area (Å²) in [7, 11) is 1.26. The van der Waals surface area contributed by atoms with Gasteiger partial charge in [-0.25, -0.2) is 4.79 Å². The maximum absolute atomic E-state index is 13.1. The Bertz CT molecular complexity index is 869. The van der Waals surface area contributed by atoms with Gasteiger partial charge in [0.05, 0.1) is 37.4 Å². The highest BCUT2D eigenvalue weighted by molar-refractivity contribution is 6.03. The van der Waals surface area contributed by atoms with Crippen molar-refractivity contribution in [2.24, 2.45) is 23.7 Å². The predicted octanol–water partition coefficient (Wildman–Crippen LogP) is 2.91. The number of hydrogen-bond acceptors (Lipinski definition) is 8. The van der Waals surface area contributed by atoms with Crippen LogP contribution >= 0.6 is 0 Å². The number of carbonyl (C=O) groups excluding carboxylic acids is 4. The first-order valence-corrected chi connectivity index (χ1v) is 11.2. The first-order valence-electron chi connectivity index (χ1n) is 11.2. The van der Waals surface area contributed by atoms with Crippen molar-refractivity contribution >= 4 is 23.7 Å². The second kappa shape index (κ2) is 10.9. The molecule has 8 nitrogen and oxygen atoms in total. The van der Waals surface area contributed by atoms with Crippen LogP contribution in [-0.4, -0.2) is 54.7 Å². The van der Waals surface area contributed by atoms with Crippen LogP contribution in [0.2, 0.25) is 0 Å². The van der Waals surface area contributed by atoms with Crippen LogP contribution in [-0.2, 0) is 28.6 Å². The van der Waals surface area contributed by atoms with Crippen molar-refractivity contribution < 1.29 is 38.5 Å². The maximum Gasteiger partial charge on any atom is 0.337 e. The maximum atomic E-state index is 13.1. The standard InChI is InChI=1S/C25H34O8/c1-14(2)12-32-23(28)20-18(26)11-25(5,30)21(24(29)33-13-15(3)4)19(20)16-7-9-17(10-8-16)22(27)31-6/h7-10,14-15,19-21,30H,11-13H2,1-6H3/t19-,20+,21+,25-/m1/s1. The second-order valence-electron chi connectivity index (χ2n) is 9.64. The third-order valence-corrected chi connectivity index (χ3v) is 5.61. The summed E-state index contributed by atoms with van der Waals surface area (Å²) in [6.07, 6.45) is -0.382. The van der Waals surface area contributed by atoms with E-state index in [4.69, 9.17) is 14.2 Å². The van der Waals surface area contributed by atoms with Gasteiger partial charge in [-0.05, 0) is 36.5 Å². The lowest BCUT2D eigenvalue weighted by atomic mass is 9.61. The number of ether oxygens (including phenoxy) is 3. The van der Waals surface area contributed by atoms with E-state index in [0.29, 0.717) is 5.56 Å². The van der Waals surface area contributed by atoms with Gasteiger partial charge >= 0.3 is 17.9 Å². The Hall–Kier alpha value is -2.74. The summed E-state index contributed by atoms with van der Waals surface area (Å²) >= 11 is 0. The number of benzene rings is 1. The summed E-state index contributed by atoms with van der Waals surface area (Å²) in [5, 5.41) is 11.1. The molecule has 1 aliphatic rings. The van der Waals surface area contributed by atoms with Crippen LogP contribution in [0.3, 0.4) is 0 Å². The Kier molecular flexibility index (Phi) is 8.77. The molecule has 33 heavy (non-hydrogen) atoms. The van der Waals surface area contributed by atoms with Crippen molar-refractivity contribution in [3.05, 3.63) is 35.4 Å². The molecule has 1 aliphatic carbocycles. The molecule has 182 valence electrons. The van der Waals surface area contributed by atoms with Gasteiger partial charge in [-0.3, -0.25) is 14.4 Å². The van der Waals surface area contributed by atoms with E-state index in [0.717, 1.165) is 0 Å². The summed E-state index contributed by atoms with van der Waals surface area (Å²) in [5.74, 6) is -5.86. The molecule has 8 heteroatoms. The fourth-order valence-electron chi connectivity index (χ4n) is 4.05. The zero-order chi connectivity index (χ0) is 24.9. The largest absolute Gasteiger partial charge is 0.465 e. The van der Waals surface area contributed by atoms with Gasteiger partial charge in [-0.2, -0.15) is 0 Å². The number of aliphatic hydroxyl groups is 1. The van der Waals surface area contributed by atoms with Crippen LogP contribution in [0.4, 0.5) is 0 Å². The third-order valence-electron chi connectivity index (χ3n) is 5.61. The Morgan fingerprint density at radius 3 is 2.00 bits per heavy atom. The Morgan fingerprint density at radius 2 is 1.52 bits per heavy atom. The highest BCUT2D eigenvalue weighted by Gasteiger charge is 2.57. The molecule has 0 unspecified atom stereocenters. The first kappa shape index (κ1) is 26.5. The van der Waals surface area contributed by atoms with Gasteiger partial charge < -0.3 is 19.3 Å². The number of rotatable bonds is 8. The zero-order valence-corrected chi connectivity index (χ0v) is 20.1. The Morgan fingerprint density at radius 1 is 1.00 bits per heavy atom. The first-order chi connectivity index (χ1) is 15.4. The fourth-order valence-corrected chi connectivity index (χ4v) is 4.05. The summed E-state index contributed by atoms with van der Waals surface area (Å²) in [4.78, 5) is 51.0. The van der Waals surface area contributed by atoms with Gasteiger partial charge in [-0.1, -0.05) is 39.8 Å². The van der Waals surface area contributed by atoms with Gasteiger partial charge in [0, 0.05) is 12.3 Å². The van der Waals surface area contributed by atoms with Gasteiger partial charge in [-0.15, -0.1) is 0 Å². The normalized spacial score (nSPS) is 25.1. The SMILES string of the molecule is COC(=O)c1ccc([C@@H]2[C@@H](C(=O)OCC(C)C)C(=O)C[C@@](C)(O)[C@@H]2C(=O)OCC(C)C)cc1. The van der Waals surface area contributed by atoms with Crippen LogP contribution in [0, 0.1) is 23.7 Å². The molecule has 2 rings (SSSR count). The Labute approximate surface area is 194 Å². The molecule has 0 aromatic heterocycles. The van der Waals surface area contributed by atoms with Crippen molar-refractivity contribution in [3.8, 4) is 0 Å². The average Bonchev–Trinajstić information content (AvgIpc) is 2.74. The molecule has 0 saturated heterocycles. The van der Waals surface area contributed by atoms with E-state index in [-0.39, 0.29) is 37.0 Å². The number of carbonyl (C=O) groups is 4. The minimum absolute atomic E-state index is 0.0559. The molecule has 1 N–H and O–H groups in total. The topological polar surface area (TPSA) is 116 Å². The number of ketones is 1. The third kappa shape index (κ3) is 6.41. The molecule has 0 bridgehead atoms. The molecule has 1 fully saturated rings. The van der Waals surface area contributed by atoms with E-state index in [1.165, 1.54) is 26.2 Å². The van der Waals surface area contributed by atoms with E-state index in [1.54, 1.807) is 12.1 Å². The van der Waals surface area contributed by atoms with Crippen LogP contribution in [0.1, 0.15) is 62.9 Å². The number of hydrogen-bond donors (Lipinski definition) is 1. The molecule has 1 saturated carbocycles. The van der Waals surface area contributed by atoms with E-state index >= 15 is 0 Å². The molecule has 0 spiro atoms. The molecule has 1 aromatic carbocycles. The monoisotopic (exact) mass is 462 g/mol. The van der Waals surface area contributed by atoms with E-state index in [1.807, 2.05) is 27.7 Å². The molecule has 0 amide bonds. The summed E-state index contributed by atoms with van der Waals surface area (Å²) in [6, 6.07) is 6.08.